The maximum atomic E-state index is 11.1. The lowest BCUT2D eigenvalue weighted by Gasteiger charge is -2.07. The van der Waals surface area contributed by atoms with Gasteiger partial charge in [-0.05, 0) is 30.2 Å². The van der Waals surface area contributed by atoms with Gasteiger partial charge in [0, 0.05) is 8.95 Å². The molecule has 1 aromatic rings. The van der Waals surface area contributed by atoms with E-state index in [2.05, 4.69) is 36.6 Å². The Balaban J connectivity index is 0.00000196. The SMILES string of the molecule is C.COC(=O)Cc1c(Br)cc(C)cc1Br. The van der Waals surface area contributed by atoms with Crippen molar-refractivity contribution >= 4 is 37.8 Å². The Morgan fingerprint density at radius 3 is 2.20 bits per heavy atom. The number of methoxy groups -OCH3 is 1. The fourth-order valence-electron chi connectivity index (χ4n) is 1.12. The second-order valence-electron chi connectivity index (χ2n) is 2.96. The zero-order valence-electron chi connectivity index (χ0n) is 7.93. The first-order chi connectivity index (χ1) is 6.54. The van der Waals surface area contributed by atoms with Crippen molar-refractivity contribution in [1.82, 2.24) is 0 Å². The third kappa shape index (κ3) is 3.95. The average Bonchev–Trinajstić information content (AvgIpc) is 2.10. The number of hydrogen-bond donors (Lipinski definition) is 0. The first kappa shape index (κ1) is 14.6. The van der Waals surface area contributed by atoms with Gasteiger partial charge in [0.25, 0.3) is 0 Å². The van der Waals surface area contributed by atoms with Crippen LogP contribution in [0.25, 0.3) is 0 Å². The van der Waals surface area contributed by atoms with Crippen molar-refractivity contribution in [3.63, 3.8) is 0 Å². The molecule has 0 spiro atoms. The lowest BCUT2D eigenvalue weighted by molar-refractivity contribution is -0.139. The lowest BCUT2D eigenvalue weighted by Crippen LogP contribution is -2.05. The molecule has 0 fully saturated rings. The summed E-state index contributed by atoms with van der Waals surface area (Å²) in [5.74, 6) is -0.241. The van der Waals surface area contributed by atoms with Crippen LogP contribution in [-0.2, 0) is 16.0 Å². The summed E-state index contributed by atoms with van der Waals surface area (Å²) in [4.78, 5) is 11.1. The van der Waals surface area contributed by atoms with Gasteiger partial charge in [0.2, 0.25) is 0 Å². The highest BCUT2D eigenvalue weighted by Gasteiger charge is 2.10. The molecule has 1 rings (SSSR count). The standard InChI is InChI=1S/C10H10Br2O2.CH4/c1-6-3-8(11)7(9(12)4-6)5-10(13)14-2;/h3-4H,5H2,1-2H3;1H4. The van der Waals surface area contributed by atoms with Crippen molar-refractivity contribution in [2.24, 2.45) is 0 Å². The van der Waals surface area contributed by atoms with Crippen molar-refractivity contribution in [3.8, 4) is 0 Å². The van der Waals surface area contributed by atoms with Crippen LogP contribution in [0.4, 0.5) is 0 Å². The molecule has 0 aliphatic rings. The number of halogens is 2. The normalized spacial score (nSPS) is 9.33. The van der Waals surface area contributed by atoms with Crippen LogP contribution in [0.5, 0.6) is 0 Å². The smallest absolute Gasteiger partial charge is 0.310 e. The molecule has 15 heavy (non-hydrogen) atoms. The Labute approximate surface area is 107 Å². The maximum Gasteiger partial charge on any atom is 0.310 e. The molecule has 0 saturated carbocycles. The molecule has 2 nitrogen and oxygen atoms in total. The predicted molar refractivity (Wildman–Crippen MR) is 69.0 cm³/mol. The van der Waals surface area contributed by atoms with Gasteiger partial charge in [-0.15, -0.1) is 0 Å². The Hall–Kier alpha value is -0.350. The second kappa shape index (κ2) is 6.28. The van der Waals surface area contributed by atoms with E-state index in [1.807, 2.05) is 19.1 Å². The van der Waals surface area contributed by atoms with Gasteiger partial charge in [-0.2, -0.15) is 0 Å². The number of rotatable bonds is 2. The minimum absolute atomic E-state index is 0. The van der Waals surface area contributed by atoms with Crippen LogP contribution in [0.2, 0.25) is 0 Å². The van der Waals surface area contributed by atoms with E-state index < -0.39 is 0 Å². The predicted octanol–water partition coefficient (Wildman–Crippen LogP) is 3.87. The largest absolute Gasteiger partial charge is 0.469 e. The van der Waals surface area contributed by atoms with E-state index in [0.717, 1.165) is 20.1 Å². The minimum Gasteiger partial charge on any atom is -0.469 e. The highest BCUT2D eigenvalue weighted by atomic mass is 79.9. The van der Waals surface area contributed by atoms with Gasteiger partial charge >= 0.3 is 5.97 Å². The van der Waals surface area contributed by atoms with Gasteiger partial charge in [0.05, 0.1) is 13.5 Å². The Kier molecular flexibility index (Phi) is 6.13. The third-order valence-corrected chi connectivity index (χ3v) is 3.25. The van der Waals surface area contributed by atoms with Crippen molar-refractivity contribution in [3.05, 3.63) is 32.2 Å². The van der Waals surface area contributed by atoms with Gasteiger partial charge in [-0.3, -0.25) is 4.79 Å². The molecule has 0 radical (unpaired) electrons. The number of carbonyl (C=O) groups excluding carboxylic acids is 1. The van der Waals surface area contributed by atoms with Crippen molar-refractivity contribution in [1.29, 1.82) is 0 Å². The van der Waals surface area contributed by atoms with Gasteiger partial charge < -0.3 is 4.74 Å². The minimum atomic E-state index is -0.241. The monoisotopic (exact) mass is 336 g/mol. The molecular weight excluding hydrogens is 324 g/mol. The molecule has 0 bridgehead atoms. The summed E-state index contributed by atoms with van der Waals surface area (Å²) in [5.41, 5.74) is 2.06. The molecule has 0 saturated heterocycles. The first-order valence-electron chi connectivity index (χ1n) is 4.06. The number of aryl methyl sites for hydroxylation is 1. The summed E-state index contributed by atoms with van der Waals surface area (Å²) >= 11 is 6.84. The van der Waals surface area contributed by atoms with Gasteiger partial charge in [-0.1, -0.05) is 39.3 Å². The lowest BCUT2D eigenvalue weighted by atomic mass is 10.1. The van der Waals surface area contributed by atoms with Crippen LogP contribution in [-0.4, -0.2) is 13.1 Å². The highest BCUT2D eigenvalue weighted by Crippen LogP contribution is 2.27. The summed E-state index contributed by atoms with van der Waals surface area (Å²) in [5, 5.41) is 0. The first-order valence-corrected chi connectivity index (χ1v) is 5.64. The van der Waals surface area contributed by atoms with E-state index in [4.69, 9.17) is 0 Å². The molecular formula is C11H14Br2O2. The Bertz CT molecular complexity index is 339. The maximum absolute atomic E-state index is 11.1. The van der Waals surface area contributed by atoms with E-state index in [-0.39, 0.29) is 19.8 Å². The zero-order chi connectivity index (χ0) is 10.7. The molecule has 1 aromatic carbocycles. The van der Waals surface area contributed by atoms with Crippen molar-refractivity contribution in [2.45, 2.75) is 20.8 Å². The third-order valence-electron chi connectivity index (χ3n) is 1.83. The van der Waals surface area contributed by atoms with E-state index in [1.165, 1.54) is 7.11 Å². The summed E-state index contributed by atoms with van der Waals surface area (Å²) < 4.78 is 6.47. The molecule has 0 atom stereocenters. The van der Waals surface area contributed by atoms with Gasteiger partial charge in [0.1, 0.15) is 0 Å². The van der Waals surface area contributed by atoms with Crippen LogP contribution in [0.1, 0.15) is 18.6 Å². The summed E-state index contributed by atoms with van der Waals surface area (Å²) in [6.07, 6.45) is 0.276. The van der Waals surface area contributed by atoms with E-state index in [1.54, 1.807) is 0 Å². The molecule has 0 unspecified atom stereocenters. The molecule has 0 heterocycles. The summed E-state index contributed by atoms with van der Waals surface area (Å²) in [6, 6.07) is 3.95. The molecule has 0 aliphatic carbocycles. The van der Waals surface area contributed by atoms with Crippen LogP contribution >= 0.6 is 31.9 Å². The molecule has 0 N–H and O–H groups in total. The topological polar surface area (TPSA) is 26.3 Å². The van der Waals surface area contributed by atoms with Crippen LogP contribution in [0.15, 0.2) is 21.1 Å². The number of esters is 1. The molecule has 0 aliphatic heterocycles. The number of carbonyl (C=O) groups is 1. The van der Waals surface area contributed by atoms with Crippen LogP contribution < -0.4 is 0 Å². The molecule has 0 amide bonds. The fraction of sp³-hybridized carbons (Fsp3) is 0.364. The number of benzene rings is 1. The quantitative estimate of drug-likeness (QED) is 0.766. The zero-order valence-corrected chi connectivity index (χ0v) is 11.1. The van der Waals surface area contributed by atoms with E-state index in [9.17, 15) is 4.79 Å². The summed E-state index contributed by atoms with van der Waals surface area (Å²) in [6.45, 7) is 2.00. The van der Waals surface area contributed by atoms with E-state index in [0.29, 0.717) is 0 Å². The van der Waals surface area contributed by atoms with E-state index >= 15 is 0 Å². The Morgan fingerprint density at radius 2 is 1.80 bits per heavy atom. The highest BCUT2D eigenvalue weighted by molar-refractivity contribution is 9.11. The number of ether oxygens (including phenoxy) is 1. The average molecular weight is 338 g/mol. The molecule has 84 valence electrons. The molecule has 0 aromatic heterocycles. The van der Waals surface area contributed by atoms with Crippen molar-refractivity contribution < 1.29 is 9.53 Å². The number of hydrogen-bond acceptors (Lipinski definition) is 2. The van der Waals surface area contributed by atoms with Crippen molar-refractivity contribution in [2.75, 3.05) is 7.11 Å². The van der Waals surface area contributed by atoms with Gasteiger partial charge in [-0.25, -0.2) is 0 Å². The summed E-state index contributed by atoms with van der Waals surface area (Å²) in [7, 11) is 1.39. The van der Waals surface area contributed by atoms with Crippen LogP contribution in [0, 0.1) is 6.92 Å². The molecule has 4 heteroatoms. The Morgan fingerprint density at radius 1 is 1.33 bits per heavy atom. The fourth-order valence-corrected chi connectivity index (χ4v) is 2.81. The van der Waals surface area contributed by atoms with Gasteiger partial charge in [0.15, 0.2) is 0 Å². The second-order valence-corrected chi connectivity index (χ2v) is 4.67. The van der Waals surface area contributed by atoms with Crippen LogP contribution in [0.3, 0.4) is 0 Å².